The van der Waals surface area contributed by atoms with Gasteiger partial charge >= 0.3 is 0 Å². The maximum Gasteiger partial charge on any atom is 0.165 e. The lowest BCUT2D eigenvalue weighted by atomic mass is 10.0. The number of piperazine rings is 1. The van der Waals surface area contributed by atoms with Gasteiger partial charge in [0.25, 0.3) is 0 Å². The third-order valence-electron chi connectivity index (χ3n) is 5.26. The molecule has 0 radical (unpaired) electrons. The molecule has 1 aromatic carbocycles. The standard InChI is InChI=1S/C20H32FN3O2.3ClH/c1-15-12-24(13-16(2)26-15)9-8-23-7-6-22-18(14-23)10-17-4-5-19(21)20(11-17)25-3;;;/h4-5,11,15-16,18,22H,6-10,12-14H2,1-3H3;3*1H/t15-,16+,18-;;;/m1.../s1. The molecule has 0 aromatic heterocycles. The largest absolute Gasteiger partial charge is 0.494 e. The molecule has 29 heavy (non-hydrogen) atoms. The van der Waals surface area contributed by atoms with E-state index in [2.05, 4.69) is 29.0 Å². The van der Waals surface area contributed by atoms with Crippen LogP contribution in [0.25, 0.3) is 0 Å². The number of rotatable bonds is 6. The molecule has 1 N–H and O–H groups in total. The fourth-order valence-corrected chi connectivity index (χ4v) is 4.10. The lowest BCUT2D eigenvalue weighted by Crippen LogP contribution is -2.54. The van der Waals surface area contributed by atoms with E-state index in [0.717, 1.165) is 57.8 Å². The second kappa shape index (κ2) is 13.9. The second-order valence-electron chi connectivity index (χ2n) is 7.64. The summed E-state index contributed by atoms with van der Waals surface area (Å²) in [5, 5.41) is 3.59. The summed E-state index contributed by atoms with van der Waals surface area (Å²) in [5.74, 6) is 0.0224. The van der Waals surface area contributed by atoms with E-state index >= 15 is 0 Å². The van der Waals surface area contributed by atoms with Gasteiger partial charge in [0.1, 0.15) is 0 Å². The predicted octanol–water partition coefficient (Wildman–Crippen LogP) is 3.03. The van der Waals surface area contributed by atoms with E-state index in [1.165, 1.54) is 13.2 Å². The van der Waals surface area contributed by atoms with Crippen LogP contribution in [0.5, 0.6) is 5.75 Å². The van der Waals surface area contributed by atoms with E-state index in [9.17, 15) is 4.39 Å². The summed E-state index contributed by atoms with van der Waals surface area (Å²) in [6, 6.07) is 5.55. The van der Waals surface area contributed by atoms with E-state index in [1.807, 2.05) is 12.1 Å². The summed E-state index contributed by atoms with van der Waals surface area (Å²) < 4.78 is 24.5. The fraction of sp³-hybridized carbons (Fsp3) is 0.700. The van der Waals surface area contributed by atoms with Crippen molar-refractivity contribution in [2.24, 2.45) is 0 Å². The molecule has 0 bridgehead atoms. The number of ether oxygens (including phenoxy) is 2. The number of nitrogens with one attached hydrogen (secondary N) is 1. The highest BCUT2D eigenvalue weighted by Crippen LogP contribution is 2.20. The summed E-state index contributed by atoms with van der Waals surface area (Å²) in [7, 11) is 1.51. The van der Waals surface area contributed by atoms with Gasteiger partial charge in [-0.25, -0.2) is 4.39 Å². The van der Waals surface area contributed by atoms with Gasteiger partial charge < -0.3 is 14.8 Å². The third-order valence-corrected chi connectivity index (χ3v) is 5.26. The van der Waals surface area contributed by atoms with Crippen LogP contribution in [-0.2, 0) is 11.2 Å². The van der Waals surface area contributed by atoms with E-state index in [4.69, 9.17) is 9.47 Å². The zero-order chi connectivity index (χ0) is 18.5. The molecule has 2 aliphatic rings. The van der Waals surface area contributed by atoms with Crippen molar-refractivity contribution in [1.29, 1.82) is 0 Å². The zero-order valence-corrected chi connectivity index (χ0v) is 19.9. The highest BCUT2D eigenvalue weighted by molar-refractivity contribution is 5.86. The smallest absolute Gasteiger partial charge is 0.165 e. The molecule has 0 amide bonds. The van der Waals surface area contributed by atoms with Gasteiger partial charge in [-0.2, -0.15) is 0 Å². The number of methoxy groups -OCH3 is 1. The molecule has 1 aromatic rings. The Labute approximate surface area is 192 Å². The molecule has 0 aliphatic carbocycles. The predicted molar refractivity (Wildman–Crippen MR) is 123 cm³/mol. The molecule has 2 fully saturated rings. The molecular weight excluding hydrogens is 440 g/mol. The van der Waals surface area contributed by atoms with Gasteiger partial charge in [0.2, 0.25) is 0 Å². The topological polar surface area (TPSA) is 37.0 Å². The second-order valence-corrected chi connectivity index (χ2v) is 7.64. The van der Waals surface area contributed by atoms with Crippen LogP contribution in [0.4, 0.5) is 4.39 Å². The molecule has 2 heterocycles. The Hall–Kier alpha value is -0.340. The van der Waals surface area contributed by atoms with Crippen LogP contribution in [0.3, 0.4) is 0 Å². The first-order valence-electron chi connectivity index (χ1n) is 9.69. The minimum absolute atomic E-state index is 0. The van der Waals surface area contributed by atoms with Crippen molar-refractivity contribution in [2.45, 2.75) is 38.5 Å². The van der Waals surface area contributed by atoms with Crippen molar-refractivity contribution in [2.75, 3.05) is 52.9 Å². The average Bonchev–Trinajstić information content (AvgIpc) is 2.61. The minimum Gasteiger partial charge on any atom is -0.494 e. The quantitative estimate of drug-likeness (QED) is 0.686. The lowest BCUT2D eigenvalue weighted by molar-refractivity contribution is -0.0696. The van der Waals surface area contributed by atoms with Crippen LogP contribution in [0.15, 0.2) is 18.2 Å². The van der Waals surface area contributed by atoms with Crippen molar-refractivity contribution in [3.63, 3.8) is 0 Å². The Morgan fingerprint density at radius 2 is 1.72 bits per heavy atom. The minimum atomic E-state index is -0.302. The summed E-state index contributed by atoms with van der Waals surface area (Å²) in [4.78, 5) is 5.05. The summed E-state index contributed by atoms with van der Waals surface area (Å²) in [5.41, 5.74) is 1.11. The fourth-order valence-electron chi connectivity index (χ4n) is 4.10. The van der Waals surface area contributed by atoms with E-state index < -0.39 is 0 Å². The van der Waals surface area contributed by atoms with Crippen molar-refractivity contribution in [3.05, 3.63) is 29.6 Å². The number of benzene rings is 1. The molecule has 5 nitrogen and oxygen atoms in total. The van der Waals surface area contributed by atoms with E-state index in [1.54, 1.807) is 0 Å². The lowest BCUT2D eigenvalue weighted by Gasteiger charge is -2.38. The van der Waals surface area contributed by atoms with Crippen LogP contribution < -0.4 is 10.1 Å². The average molecular weight is 475 g/mol. The molecule has 3 atom stereocenters. The number of hydrogen-bond acceptors (Lipinski definition) is 5. The van der Waals surface area contributed by atoms with E-state index in [0.29, 0.717) is 24.0 Å². The Morgan fingerprint density at radius 3 is 2.38 bits per heavy atom. The van der Waals surface area contributed by atoms with Gasteiger partial charge in [0.15, 0.2) is 11.6 Å². The zero-order valence-electron chi connectivity index (χ0n) is 17.4. The first-order chi connectivity index (χ1) is 12.5. The molecule has 0 unspecified atom stereocenters. The van der Waals surface area contributed by atoms with Gasteiger partial charge in [-0.05, 0) is 38.0 Å². The first-order valence-corrected chi connectivity index (χ1v) is 9.69. The Morgan fingerprint density at radius 1 is 1.07 bits per heavy atom. The van der Waals surface area contributed by atoms with Gasteiger partial charge in [-0.1, -0.05) is 6.07 Å². The normalized spacial score (nSPS) is 25.3. The van der Waals surface area contributed by atoms with Gasteiger partial charge in [-0.15, -0.1) is 37.2 Å². The van der Waals surface area contributed by atoms with Crippen molar-refractivity contribution < 1.29 is 13.9 Å². The van der Waals surface area contributed by atoms with Gasteiger partial charge in [0.05, 0.1) is 19.3 Å². The van der Waals surface area contributed by atoms with Crippen LogP contribution in [-0.4, -0.2) is 81.0 Å². The number of nitrogens with zero attached hydrogens (tertiary/aromatic N) is 2. The molecule has 2 aliphatic heterocycles. The molecular formula is C20H35Cl3FN3O2. The Bertz CT molecular complexity index is 590. The number of halogens is 4. The first kappa shape index (κ1) is 28.7. The van der Waals surface area contributed by atoms with Crippen LogP contribution in [0, 0.1) is 5.82 Å². The highest BCUT2D eigenvalue weighted by Gasteiger charge is 2.24. The van der Waals surface area contributed by atoms with Crippen molar-refractivity contribution in [3.8, 4) is 5.75 Å². The van der Waals surface area contributed by atoms with Crippen LogP contribution in [0.2, 0.25) is 0 Å². The molecule has 170 valence electrons. The maximum atomic E-state index is 13.6. The number of morpholine rings is 1. The van der Waals surface area contributed by atoms with E-state index in [-0.39, 0.29) is 43.0 Å². The number of hydrogen-bond donors (Lipinski definition) is 1. The molecule has 2 saturated heterocycles. The van der Waals surface area contributed by atoms with Crippen molar-refractivity contribution in [1.82, 2.24) is 15.1 Å². The van der Waals surface area contributed by atoms with Gasteiger partial charge in [0, 0.05) is 51.9 Å². The maximum absolute atomic E-state index is 13.6. The van der Waals surface area contributed by atoms with Crippen molar-refractivity contribution >= 4 is 37.2 Å². The van der Waals surface area contributed by atoms with Gasteiger partial charge in [-0.3, -0.25) is 9.80 Å². The monoisotopic (exact) mass is 473 g/mol. The SMILES string of the molecule is COc1cc(C[C@@H]2CN(CCN3C[C@@H](C)O[C@@H](C)C3)CCN2)ccc1F.Cl.Cl.Cl. The third kappa shape index (κ3) is 8.74. The Balaban J connectivity index is 0.00000261. The summed E-state index contributed by atoms with van der Waals surface area (Å²) in [6.07, 6.45) is 1.53. The molecule has 9 heteroatoms. The summed E-state index contributed by atoms with van der Waals surface area (Å²) >= 11 is 0. The molecule has 0 saturated carbocycles. The molecule has 0 spiro atoms. The highest BCUT2D eigenvalue weighted by atomic mass is 35.5. The molecule has 3 rings (SSSR count). The van der Waals surface area contributed by atoms with Crippen LogP contribution >= 0.6 is 37.2 Å². The van der Waals surface area contributed by atoms with Crippen LogP contribution in [0.1, 0.15) is 19.4 Å². The summed E-state index contributed by atoms with van der Waals surface area (Å²) in [6.45, 7) is 11.6. The Kier molecular flexibility index (Phi) is 13.7.